The van der Waals surface area contributed by atoms with E-state index in [1.807, 2.05) is 9.80 Å². The van der Waals surface area contributed by atoms with E-state index in [1.54, 1.807) is 0 Å². The fourth-order valence-corrected chi connectivity index (χ4v) is 4.01. The van der Waals surface area contributed by atoms with Crippen molar-refractivity contribution in [1.82, 2.24) is 9.80 Å². The molecule has 3 aliphatic rings. The van der Waals surface area contributed by atoms with Crippen LogP contribution in [0.5, 0.6) is 0 Å². The number of rotatable bonds is 3. The second kappa shape index (κ2) is 6.70. The average Bonchev–Trinajstić information content (AvgIpc) is 3.49. The summed E-state index contributed by atoms with van der Waals surface area (Å²) in [6.07, 6.45) is 4.27. The normalized spacial score (nSPS) is 23.4. The molecule has 5 heteroatoms. The van der Waals surface area contributed by atoms with Crippen molar-refractivity contribution in [2.45, 2.75) is 38.6 Å². The molecule has 2 aliphatic heterocycles. The summed E-state index contributed by atoms with van der Waals surface area (Å²) in [7, 11) is 0. The molecule has 2 amide bonds. The summed E-state index contributed by atoms with van der Waals surface area (Å²) in [5.74, 6) is 0.751. The highest BCUT2D eigenvalue weighted by Crippen LogP contribution is 2.32. The third-order valence-electron chi connectivity index (χ3n) is 5.84. The van der Waals surface area contributed by atoms with Crippen molar-refractivity contribution in [3.63, 3.8) is 0 Å². The number of anilines is 1. The molecule has 4 rings (SSSR count). The van der Waals surface area contributed by atoms with E-state index in [9.17, 15) is 9.59 Å². The predicted octanol–water partition coefficient (Wildman–Crippen LogP) is 1.91. The van der Waals surface area contributed by atoms with Crippen LogP contribution in [0.1, 0.15) is 31.7 Å². The number of carbonyl (C=O) groups is 2. The first-order valence-corrected chi connectivity index (χ1v) is 9.54. The minimum Gasteiger partial charge on any atom is -0.359 e. The molecule has 1 saturated heterocycles. The Labute approximate surface area is 149 Å². The Balaban J connectivity index is 1.37. The van der Waals surface area contributed by atoms with Gasteiger partial charge in [0, 0.05) is 43.8 Å². The Kier molecular flexibility index (Phi) is 4.40. The molecule has 0 bridgehead atoms. The SMILES string of the molecule is CC1CCc2ccccc2N1CC(=O)N1CCN(C(=O)C2CC2)CC1. The fraction of sp³-hybridized carbons (Fsp3) is 0.600. The van der Waals surface area contributed by atoms with Crippen molar-refractivity contribution < 1.29 is 9.59 Å². The molecule has 0 radical (unpaired) electrons. The summed E-state index contributed by atoms with van der Waals surface area (Å²) < 4.78 is 0. The van der Waals surface area contributed by atoms with Crippen molar-refractivity contribution in [1.29, 1.82) is 0 Å². The molecule has 2 fully saturated rings. The lowest BCUT2D eigenvalue weighted by atomic mass is 9.96. The number of aryl methyl sites for hydroxylation is 1. The maximum atomic E-state index is 12.8. The molecule has 0 spiro atoms. The molecule has 134 valence electrons. The molecule has 1 unspecified atom stereocenters. The van der Waals surface area contributed by atoms with E-state index in [2.05, 4.69) is 36.1 Å². The second-order valence-electron chi connectivity index (χ2n) is 7.62. The maximum Gasteiger partial charge on any atom is 0.242 e. The van der Waals surface area contributed by atoms with E-state index in [0.29, 0.717) is 44.7 Å². The summed E-state index contributed by atoms with van der Waals surface area (Å²) >= 11 is 0. The monoisotopic (exact) mass is 341 g/mol. The van der Waals surface area contributed by atoms with E-state index < -0.39 is 0 Å². The summed E-state index contributed by atoms with van der Waals surface area (Å²) in [6, 6.07) is 8.81. The van der Waals surface area contributed by atoms with Crippen LogP contribution < -0.4 is 4.90 Å². The average molecular weight is 341 g/mol. The number of nitrogens with zero attached hydrogens (tertiary/aromatic N) is 3. The van der Waals surface area contributed by atoms with Gasteiger partial charge in [-0.2, -0.15) is 0 Å². The van der Waals surface area contributed by atoms with Gasteiger partial charge in [0.2, 0.25) is 11.8 Å². The standard InChI is InChI=1S/C20H27N3O2/c1-15-6-7-16-4-2-3-5-18(16)23(15)14-19(24)21-10-12-22(13-11-21)20(25)17-8-9-17/h2-5,15,17H,6-14H2,1H3. The zero-order valence-corrected chi connectivity index (χ0v) is 15.0. The van der Waals surface area contributed by atoms with Gasteiger partial charge in [-0.25, -0.2) is 0 Å². The maximum absolute atomic E-state index is 12.8. The molecule has 1 aromatic rings. The van der Waals surface area contributed by atoms with Gasteiger partial charge in [0.15, 0.2) is 0 Å². The summed E-state index contributed by atoms with van der Waals surface area (Å²) in [5, 5.41) is 0. The van der Waals surface area contributed by atoms with Gasteiger partial charge < -0.3 is 14.7 Å². The lowest BCUT2D eigenvalue weighted by Gasteiger charge is -2.40. The Hall–Kier alpha value is -2.04. The number of hydrogen-bond acceptors (Lipinski definition) is 3. The molecule has 5 nitrogen and oxygen atoms in total. The largest absolute Gasteiger partial charge is 0.359 e. The third-order valence-corrected chi connectivity index (χ3v) is 5.84. The molecule has 0 aromatic heterocycles. The van der Waals surface area contributed by atoms with Crippen LogP contribution in [0.2, 0.25) is 0 Å². The van der Waals surface area contributed by atoms with Crippen LogP contribution in [0.25, 0.3) is 0 Å². The highest BCUT2D eigenvalue weighted by atomic mass is 16.2. The van der Waals surface area contributed by atoms with Crippen LogP contribution in [-0.2, 0) is 16.0 Å². The summed E-state index contributed by atoms with van der Waals surface area (Å²) in [4.78, 5) is 31.1. The van der Waals surface area contributed by atoms with Gasteiger partial charge in [-0.1, -0.05) is 18.2 Å². The number of amides is 2. The molecule has 1 saturated carbocycles. The summed E-state index contributed by atoms with van der Waals surface area (Å²) in [5.41, 5.74) is 2.55. The van der Waals surface area contributed by atoms with Gasteiger partial charge >= 0.3 is 0 Å². The number of benzene rings is 1. The van der Waals surface area contributed by atoms with Crippen molar-refractivity contribution in [2.24, 2.45) is 5.92 Å². The van der Waals surface area contributed by atoms with Crippen molar-refractivity contribution in [3.05, 3.63) is 29.8 Å². The predicted molar refractivity (Wildman–Crippen MR) is 97.5 cm³/mol. The number of fused-ring (bicyclic) bond motifs is 1. The Morgan fingerprint density at radius 1 is 1.00 bits per heavy atom. The van der Waals surface area contributed by atoms with Crippen molar-refractivity contribution in [2.75, 3.05) is 37.6 Å². The highest BCUT2D eigenvalue weighted by molar-refractivity contribution is 5.84. The quantitative estimate of drug-likeness (QED) is 0.843. The van der Waals surface area contributed by atoms with Gasteiger partial charge in [0.1, 0.15) is 0 Å². The molecular weight excluding hydrogens is 314 g/mol. The van der Waals surface area contributed by atoms with E-state index in [-0.39, 0.29) is 11.8 Å². The molecule has 1 atom stereocenters. The first-order valence-electron chi connectivity index (χ1n) is 9.54. The van der Waals surface area contributed by atoms with Crippen LogP contribution in [0.3, 0.4) is 0 Å². The number of hydrogen-bond donors (Lipinski definition) is 0. The highest BCUT2D eigenvalue weighted by Gasteiger charge is 2.35. The van der Waals surface area contributed by atoms with Crippen LogP contribution >= 0.6 is 0 Å². The lowest BCUT2D eigenvalue weighted by molar-refractivity contribution is -0.139. The Morgan fingerprint density at radius 2 is 1.68 bits per heavy atom. The minimum absolute atomic E-state index is 0.182. The van der Waals surface area contributed by atoms with Crippen LogP contribution in [0.15, 0.2) is 24.3 Å². The van der Waals surface area contributed by atoms with E-state index in [4.69, 9.17) is 0 Å². The zero-order valence-electron chi connectivity index (χ0n) is 15.0. The van der Waals surface area contributed by atoms with Crippen molar-refractivity contribution >= 4 is 17.5 Å². The van der Waals surface area contributed by atoms with E-state index in [1.165, 1.54) is 11.3 Å². The number of para-hydroxylation sites is 1. The number of carbonyl (C=O) groups excluding carboxylic acids is 2. The topological polar surface area (TPSA) is 43.9 Å². The molecule has 0 N–H and O–H groups in total. The first-order chi connectivity index (χ1) is 12.1. The Morgan fingerprint density at radius 3 is 2.40 bits per heavy atom. The molecular formula is C20H27N3O2. The third kappa shape index (κ3) is 3.37. The van der Waals surface area contributed by atoms with Crippen LogP contribution in [-0.4, -0.2) is 60.4 Å². The van der Waals surface area contributed by atoms with Gasteiger partial charge in [-0.3, -0.25) is 9.59 Å². The molecule has 2 heterocycles. The zero-order chi connectivity index (χ0) is 17.4. The molecule has 1 aliphatic carbocycles. The van der Waals surface area contributed by atoms with Gasteiger partial charge in [-0.05, 0) is 44.2 Å². The van der Waals surface area contributed by atoms with Gasteiger partial charge in [0.25, 0.3) is 0 Å². The Bertz CT molecular complexity index is 663. The summed E-state index contributed by atoms with van der Waals surface area (Å²) in [6.45, 7) is 5.35. The fourth-order valence-electron chi connectivity index (χ4n) is 4.01. The lowest BCUT2D eigenvalue weighted by Crippen LogP contribution is -2.54. The minimum atomic E-state index is 0.182. The second-order valence-corrected chi connectivity index (χ2v) is 7.62. The van der Waals surface area contributed by atoms with Crippen LogP contribution in [0, 0.1) is 5.92 Å². The molecule has 25 heavy (non-hydrogen) atoms. The van der Waals surface area contributed by atoms with Crippen molar-refractivity contribution in [3.8, 4) is 0 Å². The van der Waals surface area contributed by atoms with Gasteiger partial charge in [-0.15, -0.1) is 0 Å². The van der Waals surface area contributed by atoms with E-state index in [0.717, 1.165) is 25.7 Å². The molecule has 1 aromatic carbocycles. The van der Waals surface area contributed by atoms with E-state index >= 15 is 0 Å². The van der Waals surface area contributed by atoms with Gasteiger partial charge in [0.05, 0.1) is 6.54 Å². The number of piperazine rings is 1. The van der Waals surface area contributed by atoms with Crippen LogP contribution in [0.4, 0.5) is 5.69 Å². The smallest absolute Gasteiger partial charge is 0.242 e. The first kappa shape index (κ1) is 16.4.